The van der Waals surface area contributed by atoms with Gasteiger partial charge < -0.3 is 5.32 Å². The number of anilines is 1. The smallest absolute Gasteiger partial charge is 0.270 e. The van der Waals surface area contributed by atoms with Crippen LogP contribution in [0.3, 0.4) is 0 Å². The maximum Gasteiger partial charge on any atom is 0.270 e. The van der Waals surface area contributed by atoms with Crippen LogP contribution in [0.4, 0.5) is 11.4 Å². The number of rotatable bonds is 4. The molecular formula is C19H16ClN3O3. The average Bonchev–Trinajstić information content (AvgIpc) is 3.12. The second-order valence-electron chi connectivity index (χ2n) is 6.35. The minimum atomic E-state index is -0.569. The lowest BCUT2D eigenvalue weighted by molar-refractivity contribution is -0.384. The number of nitro benzene ring substituents is 1. The molecule has 1 aliphatic rings. The van der Waals surface area contributed by atoms with Gasteiger partial charge in [0.2, 0.25) is 0 Å². The van der Waals surface area contributed by atoms with Gasteiger partial charge in [0, 0.05) is 17.8 Å². The molecule has 0 heterocycles. The van der Waals surface area contributed by atoms with E-state index in [1.54, 1.807) is 12.1 Å². The Balaban J connectivity index is 1.76. The van der Waals surface area contributed by atoms with E-state index in [9.17, 15) is 20.2 Å². The molecule has 0 radical (unpaired) electrons. The highest BCUT2D eigenvalue weighted by atomic mass is 35.5. The second kappa shape index (κ2) is 7.14. The normalized spacial score (nSPS) is 15.2. The monoisotopic (exact) mass is 369 g/mol. The van der Waals surface area contributed by atoms with E-state index in [0.717, 1.165) is 37.3 Å². The Morgan fingerprint density at radius 1 is 1.19 bits per heavy atom. The van der Waals surface area contributed by atoms with E-state index >= 15 is 0 Å². The number of hydrogen-bond acceptors (Lipinski definition) is 4. The largest absolute Gasteiger partial charge is 0.322 e. The van der Waals surface area contributed by atoms with Crippen LogP contribution in [-0.4, -0.2) is 10.8 Å². The summed E-state index contributed by atoms with van der Waals surface area (Å²) in [5.41, 5.74) is 1.09. The third-order valence-corrected chi connectivity index (χ3v) is 5.09. The van der Waals surface area contributed by atoms with Crippen molar-refractivity contribution in [3.05, 3.63) is 68.7 Å². The number of amides is 1. The number of nitrogens with one attached hydrogen (secondary N) is 1. The number of hydrogen-bond donors (Lipinski definition) is 1. The Labute approximate surface area is 155 Å². The number of benzene rings is 2. The van der Waals surface area contributed by atoms with Gasteiger partial charge in [0.25, 0.3) is 11.6 Å². The van der Waals surface area contributed by atoms with Gasteiger partial charge in [-0.3, -0.25) is 14.9 Å². The van der Waals surface area contributed by atoms with Gasteiger partial charge in [-0.15, -0.1) is 0 Å². The molecule has 0 aliphatic heterocycles. The molecule has 0 unspecified atom stereocenters. The Morgan fingerprint density at radius 3 is 2.38 bits per heavy atom. The molecule has 0 aromatic heterocycles. The second-order valence-corrected chi connectivity index (χ2v) is 6.76. The maximum atomic E-state index is 12.4. The zero-order valence-electron chi connectivity index (χ0n) is 13.9. The molecule has 2 aromatic rings. The fourth-order valence-corrected chi connectivity index (χ4v) is 3.58. The number of carbonyl (C=O) groups excluding carboxylic acids is 1. The summed E-state index contributed by atoms with van der Waals surface area (Å²) in [4.78, 5) is 22.5. The van der Waals surface area contributed by atoms with Crippen LogP contribution in [-0.2, 0) is 5.41 Å². The van der Waals surface area contributed by atoms with E-state index in [1.165, 1.54) is 12.1 Å². The van der Waals surface area contributed by atoms with Gasteiger partial charge in [0.15, 0.2) is 0 Å². The minimum Gasteiger partial charge on any atom is -0.322 e. The molecule has 26 heavy (non-hydrogen) atoms. The van der Waals surface area contributed by atoms with Crippen molar-refractivity contribution in [1.29, 1.82) is 5.26 Å². The molecule has 6 nitrogen and oxygen atoms in total. The molecule has 1 amide bonds. The number of halogens is 1. The lowest BCUT2D eigenvalue weighted by Crippen LogP contribution is -2.19. The van der Waals surface area contributed by atoms with Gasteiger partial charge in [-0.2, -0.15) is 5.26 Å². The molecule has 3 rings (SSSR count). The van der Waals surface area contributed by atoms with Gasteiger partial charge in [-0.25, -0.2) is 0 Å². The van der Waals surface area contributed by atoms with Gasteiger partial charge in [-0.1, -0.05) is 36.6 Å². The number of non-ortho nitro benzene ring substituents is 1. The van der Waals surface area contributed by atoms with E-state index in [2.05, 4.69) is 11.4 Å². The third kappa shape index (κ3) is 3.39. The number of nitro groups is 1. The summed E-state index contributed by atoms with van der Waals surface area (Å²) in [7, 11) is 0. The van der Waals surface area contributed by atoms with Gasteiger partial charge in [0.1, 0.15) is 0 Å². The fraction of sp³-hybridized carbons (Fsp3) is 0.263. The molecule has 2 aromatic carbocycles. The first kappa shape index (κ1) is 17.9. The van der Waals surface area contributed by atoms with Crippen LogP contribution in [0.1, 0.15) is 41.6 Å². The summed E-state index contributed by atoms with van der Waals surface area (Å²) in [6, 6.07) is 13.4. The van der Waals surface area contributed by atoms with Gasteiger partial charge in [-0.05, 0) is 36.6 Å². The fourth-order valence-electron chi connectivity index (χ4n) is 3.32. The third-order valence-electron chi connectivity index (χ3n) is 4.77. The quantitative estimate of drug-likeness (QED) is 0.616. The standard InChI is InChI=1S/C19H16ClN3O3/c20-17-11-15(23(25)26)7-8-16(17)18(24)22-14-5-3-13(4-6-14)19(12-21)9-1-2-10-19/h3-8,11H,1-2,9-10H2,(H,22,24). The van der Waals surface area contributed by atoms with Gasteiger partial charge >= 0.3 is 0 Å². The molecule has 1 aliphatic carbocycles. The summed E-state index contributed by atoms with van der Waals surface area (Å²) in [5, 5.41) is 23.0. The highest BCUT2D eigenvalue weighted by Crippen LogP contribution is 2.40. The van der Waals surface area contributed by atoms with Gasteiger partial charge in [0.05, 0.1) is 27.0 Å². The van der Waals surface area contributed by atoms with Crippen LogP contribution in [0.15, 0.2) is 42.5 Å². The summed E-state index contributed by atoms with van der Waals surface area (Å²) >= 11 is 5.98. The minimum absolute atomic E-state index is 0.0164. The number of carbonyl (C=O) groups is 1. The van der Waals surface area contributed by atoms with Crippen molar-refractivity contribution in [2.45, 2.75) is 31.1 Å². The topological polar surface area (TPSA) is 96.0 Å². The van der Waals surface area contributed by atoms with E-state index < -0.39 is 16.2 Å². The number of nitrogens with zero attached hydrogens (tertiary/aromatic N) is 2. The Bertz CT molecular complexity index is 897. The van der Waals surface area contributed by atoms with Crippen molar-refractivity contribution in [2.24, 2.45) is 0 Å². The predicted octanol–water partition coefficient (Wildman–Crippen LogP) is 4.84. The van der Waals surface area contributed by atoms with Crippen LogP contribution in [0, 0.1) is 21.4 Å². The van der Waals surface area contributed by atoms with Crippen LogP contribution >= 0.6 is 11.6 Å². The highest BCUT2D eigenvalue weighted by Gasteiger charge is 2.35. The zero-order valence-corrected chi connectivity index (χ0v) is 14.6. The van der Waals surface area contributed by atoms with Crippen LogP contribution < -0.4 is 5.32 Å². The lowest BCUT2D eigenvalue weighted by atomic mass is 9.80. The molecule has 0 bridgehead atoms. The zero-order chi connectivity index (χ0) is 18.7. The Hall–Kier alpha value is -2.91. The first-order valence-corrected chi connectivity index (χ1v) is 8.60. The Kier molecular flexibility index (Phi) is 4.92. The molecule has 1 N–H and O–H groups in total. The average molecular weight is 370 g/mol. The van der Waals surface area contributed by atoms with E-state index in [1.807, 2.05) is 12.1 Å². The van der Waals surface area contributed by atoms with Crippen LogP contribution in [0.25, 0.3) is 0 Å². The molecule has 0 spiro atoms. The van der Waals surface area contributed by atoms with Crippen molar-refractivity contribution in [1.82, 2.24) is 0 Å². The first-order valence-electron chi connectivity index (χ1n) is 8.22. The first-order chi connectivity index (χ1) is 12.4. The number of nitriles is 1. The molecule has 7 heteroatoms. The van der Waals surface area contributed by atoms with E-state index in [0.29, 0.717) is 5.69 Å². The van der Waals surface area contributed by atoms with E-state index in [-0.39, 0.29) is 16.3 Å². The predicted molar refractivity (Wildman–Crippen MR) is 98.3 cm³/mol. The van der Waals surface area contributed by atoms with Crippen molar-refractivity contribution in [3.63, 3.8) is 0 Å². The van der Waals surface area contributed by atoms with Crippen LogP contribution in [0.5, 0.6) is 0 Å². The summed E-state index contributed by atoms with van der Waals surface area (Å²) in [5.74, 6) is -0.450. The molecule has 0 atom stereocenters. The highest BCUT2D eigenvalue weighted by molar-refractivity contribution is 6.34. The van der Waals surface area contributed by atoms with Crippen LogP contribution in [0.2, 0.25) is 5.02 Å². The molecule has 132 valence electrons. The Morgan fingerprint density at radius 2 is 1.85 bits per heavy atom. The SMILES string of the molecule is N#CC1(c2ccc(NC(=O)c3ccc([N+](=O)[O-])cc3Cl)cc2)CCCC1. The van der Waals surface area contributed by atoms with Crippen molar-refractivity contribution < 1.29 is 9.72 Å². The summed E-state index contributed by atoms with van der Waals surface area (Å²) < 4.78 is 0. The summed E-state index contributed by atoms with van der Waals surface area (Å²) in [6.45, 7) is 0. The summed E-state index contributed by atoms with van der Waals surface area (Å²) in [6.07, 6.45) is 3.80. The lowest BCUT2D eigenvalue weighted by Gasteiger charge is -2.21. The van der Waals surface area contributed by atoms with Crippen molar-refractivity contribution >= 4 is 28.9 Å². The van der Waals surface area contributed by atoms with Crippen molar-refractivity contribution in [2.75, 3.05) is 5.32 Å². The molecule has 1 saturated carbocycles. The van der Waals surface area contributed by atoms with Crippen molar-refractivity contribution in [3.8, 4) is 6.07 Å². The maximum absolute atomic E-state index is 12.4. The molecular weight excluding hydrogens is 354 g/mol. The molecule has 1 fully saturated rings. The molecule has 0 saturated heterocycles. The van der Waals surface area contributed by atoms with E-state index in [4.69, 9.17) is 11.6 Å².